The Balaban J connectivity index is 3.16. The van der Waals surface area contributed by atoms with Crippen molar-refractivity contribution in [2.75, 3.05) is 26.8 Å². The van der Waals surface area contributed by atoms with Gasteiger partial charge in [0.05, 0.1) is 13.7 Å². The summed E-state index contributed by atoms with van der Waals surface area (Å²) < 4.78 is 36.0. The average molecular weight is 336 g/mol. The molecule has 0 amide bonds. The van der Waals surface area contributed by atoms with Crippen molar-refractivity contribution in [2.45, 2.75) is 18.7 Å². The molecular formula is C13H18ClNO5S. The molecule has 0 N–H and O–H groups in total. The van der Waals surface area contributed by atoms with Crippen LogP contribution in [0.4, 0.5) is 0 Å². The van der Waals surface area contributed by atoms with Gasteiger partial charge in [-0.2, -0.15) is 4.31 Å². The molecule has 0 aromatic heterocycles. The van der Waals surface area contributed by atoms with Gasteiger partial charge in [-0.3, -0.25) is 4.79 Å². The van der Waals surface area contributed by atoms with Gasteiger partial charge in [-0.15, -0.1) is 0 Å². The first kappa shape index (κ1) is 17.7. The van der Waals surface area contributed by atoms with E-state index in [4.69, 9.17) is 21.1 Å². The second-order valence-electron chi connectivity index (χ2n) is 4.03. The van der Waals surface area contributed by atoms with E-state index < -0.39 is 16.0 Å². The lowest BCUT2D eigenvalue weighted by atomic mass is 10.3. The van der Waals surface area contributed by atoms with Crippen molar-refractivity contribution < 1.29 is 22.7 Å². The van der Waals surface area contributed by atoms with E-state index in [1.807, 2.05) is 0 Å². The zero-order valence-corrected chi connectivity index (χ0v) is 13.7. The lowest BCUT2D eigenvalue weighted by Gasteiger charge is -2.20. The molecule has 0 saturated heterocycles. The number of benzene rings is 1. The lowest BCUT2D eigenvalue weighted by Crippen LogP contribution is -2.36. The summed E-state index contributed by atoms with van der Waals surface area (Å²) in [6.45, 7) is 3.27. The summed E-state index contributed by atoms with van der Waals surface area (Å²) in [5, 5.41) is 0.360. The van der Waals surface area contributed by atoms with E-state index >= 15 is 0 Å². The topological polar surface area (TPSA) is 72.9 Å². The number of hydrogen-bond acceptors (Lipinski definition) is 5. The molecule has 1 aromatic carbocycles. The first-order valence-corrected chi connectivity index (χ1v) is 8.17. The second-order valence-corrected chi connectivity index (χ2v) is 6.37. The molecule has 0 aliphatic rings. The van der Waals surface area contributed by atoms with Gasteiger partial charge in [0.1, 0.15) is 17.2 Å². The predicted octanol–water partition coefficient (Wildman–Crippen LogP) is 1.92. The number of hydrogen-bond donors (Lipinski definition) is 0. The van der Waals surface area contributed by atoms with Crippen LogP contribution >= 0.6 is 11.6 Å². The molecule has 0 radical (unpaired) electrons. The molecule has 21 heavy (non-hydrogen) atoms. The molecule has 6 nitrogen and oxygen atoms in total. The zero-order chi connectivity index (χ0) is 16.0. The summed E-state index contributed by atoms with van der Waals surface area (Å²) in [6, 6.07) is 4.21. The van der Waals surface area contributed by atoms with E-state index in [0.717, 1.165) is 4.31 Å². The molecule has 0 bridgehead atoms. The highest BCUT2D eigenvalue weighted by molar-refractivity contribution is 7.89. The van der Waals surface area contributed by atoms with Crippen LogP contribution in [0.1, 0.15) is 13.8 Å². The van der Waals surface area contributed by atoms with Crippen LogP contribution in [0.25, 0.3) is 0 Å². The Kier molecular flexibility index (Phi) is 6.44. The van der Waals surface area contributed by atoms with E-state index in [9.17, 15) is 13.2 Å². The van der Waals surface area contributed by atoms with Crippen LogP contribution in [0, 0.1) is 0 Å². The summed E-state index contributed by atoms with van der Waals surface area (Å²) in [7, 11) is -2.52. The number of halogens is 1. The fourth-order valence-corrected chi connectivity index (χ4v) is 3.40. The maximum Gasteiger partial charge on any atom is 0.321 e. The minimum atomic E-state index is -3.88. The summed E-state index contributed by atoms with van der Waals surface area (Å²) in [6.07, 6.45) is 0. The van der Waals surface area contributed by atoms with Crippen molar-refractivity contribution in [1.29, 1.82) is 0 Å². The van der Waals surface area contributed by atoms with Crippen LogP contribution in [0.3, 0.4) is 0 Å². The van der Waals surface area contributed by atoms with Crippen LogP contribution in [0.15, 0.2) is 23.1 Å². The standard InChI is InChI=1S/C13H18ClNO5S/c1-4-15(9-13(16)20-5-2)21(17,18)12-7-6-10(14)8-11(12)19-3/h6-8H,4-5,9H2,1-3H3. The van der Waals surface area contributed by atoms with Gasteiger partial charge in [0.25, 0.3) is 0 Å². The quantitative estimate of drug-likeness (QED) is 0.712. The van der Waals surface area contributed by atoms with Crippen LogP contribution in [-0.4, -0.2) is 45.5 Å². The molecule has 118 valence electrons. The minimum absolute atomic E-state index is 0.0412. The molecule has 0 heterocycles. The number of carbonyl (C=O) groups is 1. The second kappa shape index (κ2) is 7.63. The molecule has 0 aliphatic carbocycles. The zero-order valence-electron chi connectivity index (χ0n) is 12.1. The number of ether oxygens (including phenoxy) is 2. The third kappa shape index (κ3) is 4.33. The van der Waals surface area contributed by atoms with Crippen molar-refractivity contribution in [3.63, 3.8) is 0 Å². The van der Waals surface area contributed by atoms with Crippen molar-refractivity contribution in [3.05, 3.63) is 23.2 Å². The molecule has 0 aliphatic heterocycles. The van der Waals surface area contributed by atoms with Crippen LogP contribution < -0.4 is 4.74 Å². The van der Waals surface area contributed by atoms with Crippen LogP contribution in [0.5, 0.6) is 5.75 Å². The fourth-order valence-electron chi connectivity index (χ4n) is 1.71. The average Bonchev–Trinajstić information content (AvgIpc) is 2.44. The third-order valence-electron chi connectivity index (χ3n) is 2.71. The number of methoxy groups -OCH3 is 1. The van der Waals surface area contributed by atoms with Gasteiger partial charge in [0.2, 0.25) is 10.0 Å². The maximum absolute atomic E-state index is 12.6. The number of esters is 1. The number of sulfonamides is 1. The first-order chi connectivity index (χ1) is 9.86. The SMILES string of the molecule is CCOC(=O)CN(CC)S(=O)(=O)c1ccc(Cl)cc1OC. The predicted molar refractivity (Wildman–Crippen MR) is 79.1 cm³/mol. The van der Waals surface area contributed by atoms with Gasteiger partial charge >= 0.3 is 5.97 Å². The third-order valence-corrected chi connectivity index (χ3v) is 4.90. The minimum Gasteiger partial charge on any atom is -0.495 e. The van der Waals surface area contributed by atoms with E-state index in [-0.39, 0.29) is 30.3 Å². The largest absolute Gasteiger partial charge is 0.495 e. The Hall–Kier alpha value is -1.31. The molecular weight excluding hydrogens is 318 g/mol. The Morgan fingerprint density at radius 2 is 2.00 bits per heavy atom. The van der Waals surface area contributed by atoms with Gasteiger partial charge in [0, 0.05) is 17.6 Å². The molecule has 1 aromatic rings. The van der Waals surface area contributed by atoms with Crippen LogP contribution in [0.2, 0.25) is 5.02 Å². The first-order valence-electron chi connectivity index (χ1n) is 6.36. The number of nitrogens with zero attached hydrogens (tertiary/aromatic N) is 1. The molecule has 0 fully saturated rings. The molecule has 8 heteroatoms. The summed E-state index contributed by atoms with van der Waals surface area (Å²) in [5.74, 6) is -0.472. The van der Waals surface area contributed by atoms with E-state index in [0.29, 0.717) is 5.02 Å². The van der Waals surface area contributed by atoms with Crippen molar-refractivity contribution in [2.24, 2.45) is 0 Å². The number of likely N-dealkylation sites (N-methyl/N-ethyl adjacent to an activating group) is 1. The summed E-state index contributed by atoms with van der Waals surface area (Å²) in [4.78, 5) is 11.5. The molecule has 1 rings (SSSR count). The smallest absolute Gasteiger partial charge is 0.321 e. The summed E-state index contributed by atoms with van der Waals surface area (Å²) in [5.41, 5.74) is 0. The van der Waals surface area contributed by atoms with E-state index in [2.05, 4.69) is 0 Å². The highest BCUT2D eigenvalue weighted by atomic mass is 35.5. The van der Waals surface area contributed by atoms with Gasteiger partial charge in [-0.05, 0) is 19.1 Å². The maximum atomic E-state index is 12.6. The van der Waals surface area contributed by atoms with Gasteiger partial charge in [0.15, 0.2) is 0 Å². The number of carbonyl (C=O) groups excluding carboxylic acids is 1. The highest BCUT2D eigenvalue weighted by Crippen LogP contribution is 2.29. The van der Waals surface area contributed by atoms with Gasteiger partial charge in [-0.25, -0.2) is 8.42 Å². The molecule has 0 saturated carbocycles. The Morgan fingerprint density at radius 3 is 2.52 bits per heavy atom. The normalized spacial score (nSPS) is 11.5. The Bertz CT molecular complexity index is 603. The van der Waals surface area contributed by atoms with Crippen molar-refractivity contribution >= 4 is 27.6 Å². The summed E-state index contributed by atoms with van der Waals surface area (Å²) >= 11 is 5.82. The molecule has 0 spiro atoms. The Morgan fingerprint density at radius 1 is 1.33 bits per heavy atom. The van der Waals surface area contributed by atoms with Crippen LogP contribution in [-0.2, 0) is 19.6 Å². The molecule has 0 atom stereocenters. The van der Waals surface area contributed by atoms with Gasteiger partial charge < -0.3 is 9.47 Å². The lowest BCUT2D eigenvalue weighted by molar-refractivity contribution is -0.143. The number of rotatable bonds is 7. The monoisotopic (exact) mass is 335 g/mol. The Labute approximate surface area is 129 Å². The van der Waals surface area contributed by atoms with E-state index in [1.165, 1.54) is 25.3 Å². The molecule has 0 unspecified atom stereocenters. The van der Waals surface area contributed by atoms with Gasteiger partial charge in [-0.1, -0.05) is 18.5 Å². The fraction of sp³-hybridized carbons (Fsp3) is 0.462. The van der Waals surface area contributed by atoms with Crippen molar-refractivity contribution in [3.8, 4) is 5.75 Å². The highest BCUT2D eigenvalue weighted by Gasteiger charge is 2.28. The van der Waals surface area contributed by atoms with Crippen molar-refractivity contribution in [1.82, 2.24) is 4.31 Å². The van der Waals surface area contributed by atoms with E-state index in [1.54, 1.807) is 13.8 Å².